The number of aryl methyl sites for hydroxylation is 1. The van der Waals surface area contributed by atoms with Crippen molar-refractivity contribution in [1.82, 2.24) is 20.0 Å². The van der Waals surface area contributed by atoms with Crippen molar-refractivity contribution >= 4 is 17.6 Å². The highest BCUT2D eigenvalue weighted by atomic mass is 16.2. The predicted octanol–water partition coefficient (Wildman–Crippen LogP) is 1.80. The van der Waals surface area contributed by atoms with Crippen LogP contribution < -0.4 is 5.32 Å². The zero-order chi connectivity index (χ0) is 19.4. The van der Waals surface area contributed by atoms with Crippen molar-refractivity contribution < 1.29 is 14.4 Å². The lowest BCUT2D eigenvalue weighted by Gasteiger charge is -2.15. The number of carbonyl (C=O) groups excluding carboxylic acids is 3. The van der Waals surface area contributed by atoms with E-state index in [9.17, 15) is 14.4 Å². The maximum Gasteiger partial charge on any atom is 0.292 e. The molecule has 0 unspecified atom stereocenters. The second-order valence-corrected chi connectivity index (χ2v) is 6.72. The van der Waals surface area contributed by atoms with Gasteiger partial charge in [-0.25, -0.2) is 4.68 Å². The van der Waals surface area contributed by atoms with Crippen LogP contribution in [0.25, 0.3) is 5.69 Å². The molecule has 1 saturated heterocycles. The minimum atomic E-state index is -0.706. The fraction of sp³-hybridized carbons (Fsp3) is 0.400. The fourth-order valence-electron chi connectivity index (χ4n) is 3.39. The van der Waals surface area contributed by atoms with E-state index in [-0.39, 0.29) is 18.9 Å². The minimum Gasteiger partial charge on any atom is -0.349 e. The number of hydrogen-bond acceptors (Lipinski definition) is 4. The summed E-state index contributed by atoms with van der Waals surface area (Å²) >= 11 is 0. The summed E-state index contributed by atoms with van der Waals surface area (Å²) in [4.78, 5) is 38.7. The Morgan fingerprint density at radius 3 is 2.41 bits per heavy atom. The van der Waals surface area contributed by atoms with Gasteiger partial charge in [0.15, 0.2) is 0 Å². The number of para-hydroxylation sites is 1. The molecule has 1 aliphatic heterocycles. The Hall–Kier alpha value is -2.96. The Morgan fingerprint density at radius 2 is 1.74 bits per heavy atom. The van der Waals surface area contributed by atoms with Crippen molar-refractivity contribution in [3.63, 3.8) is 0 Å². The van der Waals surface area contributed by atoms with Gasteiger partial charge in [-0.2, -0.15) is 5.10 Å². The molecule has 1 aliphatic rings. The molecule has 0 spiro atoms. The van der Waals surface area contributed by atoms with Crippen molar-refractivity contribution in [3.05, 3.63) is 47.3 Å². The average molecular weight is 368 g/mol. The number of aromatic nitrogens is 2. The third kappa shape index (κ3) is 4.07. The van der Waals surface area contributed by atoms with Gasteiger partial charge in [0.25, 0.3) is 11.7 Å². The van der Waals surface area contributed by atoms with Crippen LogP contribution >= 0.6 is 0 Å². The molecule has 2 heterocycles. The van der Waals surface area contributed by atoms with Crippen LogP contribution in [0.2, 0.25) is 0 Å². The first-order valence-corrected chi connectivity index (χ1v) is 9.21. The first-order valence-electron chi connectivity index (χ1n) is 9.21. The number of amides is 2. The molecule has 27 heavy (non-hydrogen) atoms. The van der Waals surface area contributed by atoms with Gasteiger partial charge < -0.3 is 10.2 Å². The fourth-order valence-corrected chi connectivity index (χ4v) is 3.39. The van der Waals surface area contributed by atoms with E-state index in [0.717, 1.165) is 31.6 Å². The zero-order valence-electron chi connectivity index (χ0n) is 15.7. The van der Waals surface area contributed by atoms with Crippen LogP contribution in [0.1, 0.15) is 41.0 Å². The number of benzene rings is 1. The van der Waals surface area contributed by atoms with Crippen LogP contribution in [0.3, 0.4) is 0 Å². The molecule has 2 amide bonds. The van der Waals surface area contributed by atoms with Gasteiger partial charge in [-0.05, 0) is 38.8 Å². The largest absolute Gasteiger partial charge is 0.349 e. The molecule has 0 radical (unpaired) electrons. The van der Waals surface area contributed by atoms with E-state index < -0.39 is 11.7 Å². The number of Topliss-reactive ketones (excluding diaryl/α,β-unsaturated/α-hetero) is 1. The number of likely N-dealkylation sites (tertiary alicyclic amines) is 1. The van der Waals surface area contributed by atoms with E-state index in [2.05, 4.69) is 10.4 Å². The predicted molar refractivity (Wildman–Crippen MR) is 101 cm³/mol. The molecule has 0 saturated carbocycles. The van der Waals surface area contributed by atoms with E-state index in [1.165, 1.54) is 0 Å². The van der Waals surface area contributed by atoms with E-state index >= 15 is 0 Å². The van der Waals surface area contributed by atoms with Crippen LogP contribution in [-0.2, 0) is 9.59 Å². The third-order valence-electron chi connectivity index (χ3n) is 4.81. The summed E-state index contributed by atoms with van der Waals surface area (Å²) < 4.78 is 1.66. The molecule has 1 aromatic heterocycles. The molecule has 1 fully saturated rings. The van der Waals surface area contributed by atoms with Gasteiger partial charge in [0.2, 0.25) is 5.91 Å². The van der Waals surface area contributed by atoms with E-state index in [0.29, 0.717) is 17.0 Å². The minimum absolute atomic E-state index is 0.0181. The lowest BCUT2D eigenvalue weighted by Crippen LogP contribution is -2.36. The number of ketones is 1. The Bertz CT molecular complexity index is 852. The molecule has 142 valence electrons. The Balaban J connectivity index is 1.64. The summed E-state index contributed by atoms with van der Waals surface area (Å²) in [5.74, 6) is -1.31. The van der Waals surface area contributed by atoms with Crippen LogP contribution in [0, 0.1) is 13.8 Å². The average Bonchev–Trinajstić information content (AvgIpc) is 3.30. The summed E-state index contributed by atoms with van der Waals surface area (Å²) in [7, 11) is 0. The summed E-state index contributed by atoms with van der Waals surface area (Å²) in [6.07, 6.45) is 2.27. The number of hydrogen-bond donors (Lipinski definition) is 1. The molecule has 7 heteroatoms. The highest BCUT2D eigenvalue weighted by Crippen LogP contribution is 2.18. The molecule has 1 aromatic carbocycles. The normalized spacial score (nSPS) is 13.6. The molecule has 3 rings (SSSR count). The van der Waals surface area contributed by atoms with E-state index in [1.54, 1.807) is 23.4 Å². The van der Waals surface area contributed by atoms with E-state index in [1.807, 2.05) is 30.3 Å². The van der Waals surface area contributed by atoms with Gasteiger partial charge in [-0.3, -0.25) is 14.4 Å². The smallest absolute Gasteiger partial charge is 0.292 e. The Kier molecular flexibility index (Phi) is 5.69. The lowest BCUT2D eigenvalue weighted by atomic mass is 10.1. The summed E-state index contributed by atoms with van der Waals surface area (Å²) in [6.45, 7) is 5.20. The summed E-state index contributed by atoms with van der Waals surface area (Å²) in [5, 5.41) is 6.97. The molecule has 0 bridgehead atoms. The maximum absolute atomic E-state index is 12.6. The van der Waals surface area contributed by atoms with Crippen molar-refractivity contribution in [2.45, 2.75) is 33.1 Å². The van der Waals surface area contributed by atoms with Gasteiger partial charge >= 0.3 is 0 Å². The highest BCUT2D eigenvalue weighted by Gasteiger charge is 2.25. The molecule has 2 aromatic rings. The number of nitrogens with one attached hydrogen (secondary N) is 1. The van der Waals surface area contributed by atoms with Gasteiger partial charge in [-0.1, -0.05) is 18.2 Å². The van der Waals surface area contributed by atoms with Gasteiger partial charge in [0, 0.05) is 26.1 Å². The number of rotatable bonds is 6. The first kappa shape index (κ1) is 18.8. The lowest BCUT2D eigenvalue weighted by molar-refractivity contribution is -0.130. The summed E-state index contributed by atoms with van der Waals surface area (Å²) in [6, 6.07) is 9.45. The van der Waals surface area contributed by atoms with Crippen molar-refractivity contribution in [2.24, 2.45) is 0 Å². The topological polar surface area (TPSA) is 84.3 Å². The van der Waals surface area contributed by atoms with Gasteiger partial charge in [-0.15, -0.1) is 0 Å². The van der Waals surface area contributed by atoms with Gasteiger partial charge in [0.1, 0.15) is 0 Å². The quantitative estimate of drug-likeness (QED) is 0.622. The molecule has 7 nitrogen and oxygen atoms in total. The van der Waals surface area contributed by atoms with Crippen LogP contribution in [-0.4, -0.2) is 51.9 Å². The van der Waals surface area contributed by atoms with Crippen molar-refractivity contribution in [3.8, 4) is 5.69 Å². The third-order valence-corrected chi connectivity index (χ3v) is 4.81. The molecule has 0 aliphatic carbocycles. The highest BCUT2D eigenvalue weighted by molar-refractivity contribution is 6.43. The molecule has 1 N–H and O–H groups in total. The van der Waals surface area contributed by atoms with Crippen LogP contribution in [0.15, 0.2) is 30.3 Å². The van der Waals surface area contributed by atoms with E-state index in [4.69, 9.17) is 0 Å². The van der Waals surface area contributed by atoms with Crippen LogP contribution in [0.5, 0.6) is 0 Å². The second kappa shape index (κ2) is 8.16. The molecular weight excluding hydrogens is 344 g/mol. The zero-order valence-corrected chi connectivity index (χ0v) is 15.7. The number of nitrogens with zero attached hydrogens (tertiary/aromatic N) is 3. The standard InChI is InChI=1S/C20H24N4O3/c1-14-18(15(2)24(22-14)16-8-4-3-5-9-16)19(26)20(27)21-11-10-17(25)23-12-6-7-13-23/h3-5,8-9H,6-7,10-13H2,1-2H3,(H,21,27). The van der Waals surface area contributed by atoms with Crippen molar-refractivity contribution in [1.29, 1.82) is 0 Å². The number of carbonyl (C=O) groups is 3. The van der Waals surface area contributed by atoms with Crippen molar-refractivity contribution in [2.75, 3.05) is 19.6 Å². The summed E-state index contributed by atoms with van der Waals surface area (Å²) in [5.41, 5.74) is 2.26. The maximum atomic E-state index is 12.6. The monoisotopic (exact) mass is 368 g/mol. The Morgan fingerprint density at radius 1 is 1.07 bits per heavy atom. The second-order valence-electron chi connectivity index (χ2n) is 6.72. The molecule has 0 atom stereocenters. The molecular formula is C20H24N4O3. The van der Waals surface area contributed by atoms with Gasteiger partial charge in [0.05, 0.1) is 22.6 Å². The Labute approximate surface area is 158 Å². The SMILES string of the molecule is Cc1nn(-c2ccccc2)c(C)c1C(=O)C(=O)NCCC(=O)N1CCCC1. The van der Waals surface area contributed by atoms with Crippen LogP contribution in [0.4, 0.5) is 0 Å². The first-order chi connectivity index (χ1) is 13.0.